The number of hydrogen-bond donors (Lipinski definition) is 1. The quantitative estimate of drug-likeness (QED) is 0.425. The van der Waals surface area contributed by atoms with Crippen LogP contribution in [0.15, 0.2) is 63.3 Å². The first kappa shape index (κ1) is 22.9. The Balaban J connectivity index is 1.63. The molecule has 8 nitrogen and oxygen atoms in total. The highest BCUT2D eigenvalue weighted by atomic mass is 35.5. The predicted octanol–water partition coefficient (Wildman–Crippen LogP) is 3.17. The standard InChI is InChI=1S/C23H22ClN5O3S/c1-14-7-6-9-16(11-14)25-18(30)13-33-22-26-20-19(27(22)2)21(31)29(23(32)28(20)3)12-15-8-4-5-10-17(15)24/h4-11H,12-13H2,1-3H3,(H,25,30). The van der Waals surface area contributed by atoms with E-state index in [0.717, 1.165) is 15.8 Å². The molecule has 0 atom stereocenters. The highest BCUT2D eigenvalue weighted by Gasteiger charge is 2.20. The van der Waals surface area contributed by atoms with Crippen LogP contribution in [-0.4, -0.2) is 30.3 Å². The normalized spacial score (nSPS) is 11.2. The van der Waals surface area contributed by atoms with Gasteiger partial charge in [0.15, 0.2) is 16.3 Å². The van der Waals surface area contributed by atoms with E-state index in [0.29, 0.717) is 15.7 Å². The molecule has 2 aromatic carbocycles. The number of carbonyl (C=O) groups excluding carboxylic acids is 1. The summed E-state index contributed by atoms with van der Waals surface area (Å²) in [6.07, 6.45) is 0. The fraction of sp³-hybridized carbons (Fsp3) is 0.217. The Labute approximate surface area is 198 Å². The van der Waals surface area contributed by atoms with E-state index in [2.05, 4.69) is 10.3 Å². The number of rotatable bonds is 6. The third-order valence-corrected chi connectivity index (χ3v) is 6.64. The van der Waals surface area contributed by atoms with E-state index < -0.39 is 11.2 Å². The topological polar surface area (TPSA) is 90.9 Å². The largest absolute Gasteiger partial charge is 0.332 e. The van der Waals surface area contributed by atoms with Crippen molar-refractivity contribution in [3.8, 4) is 0 Å². The Morgan fingerprint density at radius 3 is 2.58 bits per heavy atom. The minimum Gasteiger partial charge on any atom is -0.325 e. The molecule has 170 valence electrons. The molecule has 33 heavy (non-hydrogen) atoms. The molecule has 0 unspecified atom stereocenters. The van der Waals surface area contributed by atoms with Crippen molar-refractivity contribution in [3.05, 3.63) is 85.5 Å². The number of nitrogens with zero attached hydrogens (tertiary/aromatic N) is 4. The van der Waals surface area contributed by atoms with Gasteiger partial charge < -0.3 is 9.88 Å². The summed E-state index contributed by atoms with van der Waals surface area (Å²) in [6.45, 7) is 2.00. The van der Waals surface area contributed by atoms with Crippen LogP contribution < -0.4 is 16.6 Å². The van der Waals surface area contributed by atoms with Crippen molar-refractivity contribution in [1.82, 2.24) is 18.7 Å². The van der Waals surface area contributed by atoms with Gasteiger partial charge in [-0.05, 0) is 36.2 Å². The second-order valence-electron chi connectivity index (χ2n) is 7.66. The summed E-state index contributed by atoms with van der Waals surface area (Å²) in [5.41, 5.74) is 2.04. The molecule has 4 aromatic rings. The average Bonchev–Trinajstić information content (AvgIpc) is 3.11. The summed E-state index contributed by atoms with van der Waals surface area (Å²) in [5.74, 6) is -0.0879. The number of amides is 1. The Morgan fingerprint density at radius 2 is 1.85 bits per heavy atom. The molecular formula is C23H22ClN5O3S. The third-order valence-electron chi connectivity index (χ3n) is 5.24. The predicted molar refractivity (Wildman–Crippen MR) is 131 cm³/mol. The number of halogens is 1. The molecule has 0 aliphatic rings. The number of anilines is 1. The molecule has 0 saturated heterocycles. The van der Waals surface area contributed by atoms with Crippen LogP contribution >= 0.6 is 23.4 Å². The van der Waals surface area contributed by atoms with E-state index in [4.69, 9.17) is 11.6 Å². The van der Waals surface area contributed by atoms with Gasteiger partial charge in [-0.1, -0.05) is 53.7 Å². The van der Waals surface area contributed by atoms with Crippen LogP contribution in [0.3, 0.4) is 0 Å². The summed E-state index contributed by atoms with van der Waals surface area (Å²) in [4.78, 5) is 43.0. The van der Waals surface area contributed by atoms with Crippen LogP contribution in [0.1, 0.15) is 11.1 Å². The van der Waals surface area contributed by atoms with E-state index in [1.165, 1.54) is 16.3 Å². The van der Waals surface area contributed by atoms with E-state index in [-0.39, 0.29) is 29.4 Å². The Kier molecular flexibility index (Phi) is 6.44. The van der Waals surface area contributed by atoms with Crippen molar-refractivity contribution in [2.45, 2.75) is 18.6 Å². The third kappa shape index (κ3) is 4.60. The van der Waals surface area contributed by atoms with Gasteiger partial charge in [0.1, 0.15) is 0 Å². The van der Waals surface area contributed by atoms with Crippen molar-refractivity contribution in [1.29, 1.82) is 0 Å². The maximum absolute atomic E-state index is 13.2. The fourth-order valence-electron chi connectivity index (χ4n) is 3.54. The molecule has 2 heterocycles. The number of aromatic nitrogens is 4. The zero-order valence-electron chi connectivity index (χ0n) is 18.3. The van der Waals surface area contributed by atoms with E-state index >= 15 is 0 Å². The van der Waals surface area contributed by atoms with Gasteiger partial charge in [0.2, 0.25) is 5.91 Å². The smallest absolute Gasteiger partial charge is 0.325 e. The lowest BCUT2D eigenvalue weighted by Crippen LogP contribution is -2.39. The molecule has 0 spiro atoms. The van der Waals surface area contributed by atoms with Crippen molar-refractivity contribution < 1.29 is 4.79 Å². The minimum atomic E-state index is -0.487. The first-order valence-electron chi connectivity index (χ1n) is 10.1. The molecule has 0 bridgehead atoms. The highest BCUT2D eigenvalue weighted by molar-refractivity contribution is 7.99. The molecule has 0 aliphatic carbocycles. The van der Waals surface area contributed by atoms with Crippen LogP contribution in [0, 0.1) is 6.92 Å². The van der Waals surface area contributed by atoms with Crippen LogP contribution in [0.25, 0.3) is 11.2 Å². The maximum Gasteiger partial charge on any atom is 0.332 e. The molecule has 4 rings (SSSR count). The Hall–Kier alpha value is -3.30. The SMILES string of the molecule is Cc1cccc(NC(=O)CSc2nc3c(c(=O)n(Cc4ccccc4Cl)c(=O)n3C)n2C)c1. The maximum atomic E-state index is 13.2. The lowest BCUT2D eigenvalue weighted by Gasteiger charge is -2.09. The van der Waals surface area contributed by atoms with Gasteiger partial charge >= 0.3 is 5.69 Å². The summed E-state index contributed by atoms with van der Waals surface area (Å²) in [5, 5.41) is 3.79. The van der Waals surface area contributed by atoms with Crippen LogP contribution in [0.2, 0.25) is 5.02 Å². The number of aryl methyl sites for hydroxylation is 3. The molecule has 1 amide bonds. The summed E-state index contributed by atoms with van der Waals surface area (Å²) in [6, 6.07) is 14.6. The zero-order valence-corrected chi connectivity index (χ0v) is 19.9. The second kappa shape index (κ2) is 9.29. The summed E-state index contributed by atoms with van der Waals surface area (Å²) < 4.78 is 4.10. The van der Waals surface area contributed by atoms with Crippen LogP contribution in [0.5, 0.6) is 0 Å². The minimum absolute atomic E-state index is 0.0493. The zero-order chi connectivity index (χ0) is 23.7. The van der Waals surface area contributed by atoms with Crippen molar-refractivity contribution >= 4 is 46.1 Å². The van der Waals surface area contributed by atoms with Crippen molar-refractivity contribution in [3.63, 3.8) is 0 Å². The number of thioether (sulfide) groups is 1. The van der Waals surface area contributed by atoms with Gasteiger partial charge in [0.05, 0.1) is 12.3 Å². The van der Waals surface area contributed by atoms with Crippen LogP contribution in [-0.2, 0) is 25.4 Å². The van der Waals surface area contributed by atoms with E-state index in [1.54, 1.807) is 42.9 Å². The molecule has 0 radical (unpaired) electrons. The summed E-state index contributed by atoms with van der Waals surface area (Å²) in [7, 11) is 3.26. The monoisotopic (exact) mass is 483 g/mol. The first-order chi connectivity index (χ1) is 15.8. The second-order valence-corrected chi connectivity index (χ2v) is 9.01. The molecule has 1 N–H and O–H groups in total. The van der Waals surface area contributed by atoms with Gasteiger partial charge in [-0.3, -0.25) is 18.7 Å². The number of nitrogens with one attached hydrogen (secondary N) is 1. The molecule has 2 aromatic heterocycles. The fourth-order valence-corrected chi connectivity index (χ4v) is 4.50. The molecular weight excluding hydrogens is 462 g/mol. The number of fused-ring (bicyclic) bond motifs is 1. The van der Waals surface area contributed by atoms with Crippen molar-refractivity contribution in [2.75, 3.05) is 11.1 Å². The number of carbonyl (C=O) groups is 1. The Morgan fingerprint density at radius 1 is 1.09 bits per heavy atom. The van der Waals surface area contributed by atoms with Gasteiger partial charge in [-0.25, -0.2) is 9.78 Å². The van der Waals surface area contributed by atoms with Gasteiger partial charge in [-0.2, -0.15) is 0 Å². The average molecular weight is 484 g/mol. The first-order valence-corrected chi connectivity index (χ1v) is 11.5. The van der Waals surface area contributed by atoms with Gasteiger partial charge in [0.25, 0.3) is 5.56 Å². The summed E-state index contributed by atoms with van der Waals surface area (Å²) >= 11 is 7.42. The number of imidazole rings is 1. The lowest BCUT2D eigenvalue weighted by atomic mass is 10.2. The Bertz CT molecular complexity index is 1490. The van der Waals surface area contributed by atoms with Crippen LogP contribution in [0.4, 0.5) is 5.69 Å². The highest BCUT2D eigenvalue weighted by Crippen LogP contribution is 2.21. The van der Waals surface area contributed by atoms with E-state index in [9.17, 15) is 14.4 Å². The van der Waals surface area contributed by atoms with E-state index in [1.807, 2.05) is 31.2 Å². The molecule has 10 heteroatoms. The number of hydrogen-bond acceptors (Lipinski definition) is 5. The van der Waals surface area contributed by atoms with Gasteiger partial charge in [-0.15, -0.1) is 0 Å². The lowest BCUT2D eigenvalue weighted by molar-refractivity contribution is -0.113. The molecule has 0 fully saturated rings. The number of benzene rings is 2. The molecule has 0 saturated carbocycles. The van der Waals surface area contributed by atoms with Crippen molar-refractivity contribution in [2.24, 2.45) is 14.1 Å². The van der Waals surface area contributed by atoms with Gasteiger partial charge in [0, 0.05) is 24.8 Å². The molecule has 0 aliphatic heterocycles.